The Balaban J connectivity index is 2.55. The van der Waals surface area contributed by atoms with Gasteiger partial charge in [-0.1, -0.05) is 208 Å². The second-order valence-corrected chi connectivity index (χ2v) is 18.8. The zero-order valence-corrected chi connectivity index (χ0v) is 40.4. The van der Waals surface area contributed by atoms with Gasteiger partial charge in [-0.15, -0.1) is 0 Å². The molecule has 0 aromatic heterocycles. The van der Waals surface area contributed by atoms with E-state index in [0.717, 1.165) is 0 Å². The molecule has 0 amide bonds. The van der Waals surface area contributed by atoms with Crippen molar-refractivity contribution in [3.63, 3.8) is 0 Å². The van der Waals surface area contributed by atoms with Crippen molar-refractivity contribution in [2.75, 3.05) is 85.1 Å². The molecule has 342 valence electrons. The molecule has 0 aliphatic carbocycles. The van der Waals surface area contributed by atoms with Gasteiger partial charge in [0.25, 0.3) is 0 Å². The second-order valence-electron chi connectivity index (χ2n) is 18.8. The molecule has 1 aliphatic rings. The molecule has 0 saturated carbocycles. The Bertz CT molecular complexity index is 719. The minimum absolute atomic E-state index is 0.632. The lowest BCUT2D eigenvalue weighted by atomic mass is 10.1. The first-order chi connectivity index (χ1) is 28.2. The van der Waals surface area contributed by atoms with Crippen LogP contribution >= 0.6 is 0 Å². The molecular weight excluding hydrogens is 695 g/mol. The zero-order valence-electron chi connectivity index (χ0n) is 40.4. The van der Waals surface area contributed by atoms with Crippen molar-refractivity contribution in [3.05, 3.63) is 0 Å². The molecule has 0 radical (unpaired) electrons. The molecule has 5 heteroatoms. The number of piperazine rings is 1. The number of nitrogens with zero attached hydrogens (tertiary/aromatic N) is 4. The fourth-order valence-electron chi connectivity index (χ4n) is 9.09. The van der Waals surface area contributed by atoms with E-state index in [4.69, 9.17) is 0 Å². The maximum Gasteiger partial charge on any atom is 0.0207 e. The molecule has 1 heterocycles. The third-order valence-corrected chi connectivity index (χ3v) is 13.2. The first-order valence-electron chi connectivity index (χ1n) is 26.8. The third-order valence-electron chi connectivity index (χ3n) is 13.2. The van der Waals surface area contributed by atoms with E-state index in [1.54, 1.807) is 0 Å². The summed E-state index contributed by atoms with van der Waals surface area (Å²) in [5.74, 6) is 0. The Kier molecular flexibility index (Phi) is 42.2. The predicted molar refractivity (Wildman–Crippen MR) is 258 cm³/mol. The molecule has 0 bridgehead atoms. The van der Waals surface area contributed by atoms with Gasteiger partial charge in [-0.2, -0.15) is 0 Å². The Hall–Kier alpha value is -0.200. The fraction of sp³-hybridized carbons (Fsp3) is 1.00. The van der Waals surface area contributed by atoms with Gasteiger partial charge < -0.3 is 20.0 Å². The number of hydrogen-bond donors (Lipinski definition) is 1. The highest BCUT2D eigenvalue weighted by molar-refractivity contribution is 4.78. The van der Waals surface area contributed by atoms with Crippen LogP contribution in [-0.4, -0.2) is 111 Å². The van der Waals surface area contributed by atoms with Gasteiger partial charge in [-0.3, -0.25) is 4.90 Å². The molecule has 1 atom stereocenters. The monoisotopic (exact) mass is 804 g/mol. The normalized spacial score (nSPS) is 14.8. The minimum Gasteiger partial charge on any atom is -0.313 e. The van der Waals surface area contributed by atoms with Gasteiger partial charge in [0.05, 0.1) is 0 Å². The molecule has 1 unspecified atom stereocenters. The average molecular weight is 804 g/mol. The lowest BCUT2D eigenvalue weighted by Crippen LogP contribution is -2.50. The van der Waals surface area contributed by atoms with Crippen LogP contribution < -0.4 is 5.32 Å². The summed E-state index contributed by atoms with van der Waals surface area (Å²) in [4.78, 5) is 11.3. The summed E-state index contributed by atoms with van der Waals surface area (Å²) in [7, 11) is 0. The van der Waals surface area contributed by atoms with E-state index in [0.29, 0.717) is 6.04 Å². The summed E-state index contributed by atoms with van der Waals surface area (Å²) < 4.78 is 0. The average Bonchev–Trinajstić information content (AvgIpc) is 3.23. The topological polar surface area (TPSA) is 25.0 Å². The summed E-state index contributed by atoms with van der Waals surface area (Å²) >= 11 is 0. The number of rotatable bonds is 46. The Morgan fingerprint density at radius 2 is 0.667 bits per heavy atom. The molecule has 1 fully saturated rings. The van der Waals surface area contributed by atoms with Crippen molar-refractivity contribution < 1.29 is 0 Å². The molecule has 1 N–H and O–H groups in total. The molecule has 1 rings (SSSR count). The number of nitrogens with one attached hydrogen (secondary N) is 1. The van der Waals surface area contributed by atoms with Crippen LogP contribution in [0.25, 0.3) is 0 Å². The molecule has 5 nitrogen and oxygen atoms in total. The van der Waals surface area contributed by atoms with Gasteiger partial charge in [0.2, 0.25) is 0 Å². The van der Waals surface area contributed by atoms with Gasteiger partial charge in [-0.05, 0) is 77.8 Å². The molecule has 1 saturated heterocycles. The molecular formula is C52H109N5. The van der Waals surface area contributed by atoms with E-state index < -0.39 is 0 Å². The smallest absolute Gasteiger partial charge is 0.0207 e. The van der Waals surface area contributed by atoms with Crippen molar-refractivity contribution in [2.45, 2.75) is 253 Å². The molecule has 0 aromatic rings. The largest absolute Gasteiger partial charge is 0.313 e. The quantitative estimate of drug-likeness (QED) is 0.0618. The number of unbranched alkanes of at least 4 members (excludes halogenated alkanes) is 27. The van der Waals surface area contributed by atoms with Crippen molar-refractivity contribution >= 4 is 0 Å². The summed E-state index contributed by atoms with van der Waals surface area (Å²) in [5, 5.41) is 4.09. The zero-order chi connectivity index (χ0) is 41.1. The van der Waals surface area contributed by atoms with Gasteiger partial charge in [0.1, 0.15) is 0 Å². The van der Waals surface area contributed by atoms with Crippen LogP contribution in [0.1, 0.15) is 247 Å². The van der Waals surface area contributed by atoms with Crippen LogP contribution in [0.3, 0.4) is 0 Å². The standard InChI is InChI=1S/C52H109N5/c1-6-11-16-21-23-25-27-29-31-36-40-54(41-37-32-30-28-26-24-22-17-12-7-2)45-48-56-49-46-55(47-50-56)44-38-52(53-39-33-18-13-8-3)51-57(42-34-19-14-9-4)43-35-20-15-10-5/h52-53H,6-51H2,1-5H3. The minimum atomic E-state index is 0.632. The molecule has 1 aliphatic heterocycles. The second kappa shape index (κ2) is 43.9. The Morgan fingerprint density at radius 1 is 0.351 bits per heavy atom. The predicted octanol–water partition coefficient (Wildman–Crippen LogP) is 14.1. The van der Waals surface area contributed by atoms with Crippen LogP contribution in [0, 0.1) is 0 Å². The van der Waals surface area contributed by atoms with Crippen molar-refractivity contribution in [2.24, 2.45) is 0 Å². The molecule has 57 heavy (non-hydrogen) atoms. The summed E-state index contributed by atoms with van der Waals surface area (Å²) in [6.45, 7) is 28.3. The van der Waals surface area contributed by atoms with Gasteiger partial charge in [0.15, 0.2) is 0 Å². The van der Waals surface area contributed by atoms with Gasteiger partial charge in [0, 0.05) is 51.9 Å². The van der Waals surface area contributed by atoms with E-state index >= 15 is 0 Å². The molecule has 0 aromatic carbocycles. The van der Waals surface area contributed by atoms with Crippen molar-refractivity contribution in [1.29, 1.82) is 0 Å². The maximum absolute atomic E-state index is 4.09. The summed E-state index contributed by atoms with van der Waals surface area (Å²) in [6, 6.07) is 0.632. The SMILES string of the molecule is CCCCCCCCCCCCN(CCCCCCCCCCCC)CCN1CCN(CCC(CN(CCCCCC)CCCCCC)NCCCCCC)CC1. The van der Waals surface area contributed by atoms with E-state index in [1.165, 1.54) is 297 Å². The van der Waals surface area contributed by atoms with Crippen LogP contribution in [0.2, 0.25) is 0 Å². The highest BCUT2D eigenvalue weighted by atomic mass is 15.3. The van der Waals surface area contributed by atoms with E-state index in [9.17, 15) is 0 Å². The maximum atomic E-state index is 4.09. The van der Waals surface area contributed by atoms with Crippen molar-refractivity contribution in [1.82, 2.24) is 24.9 Å². The highest BCUT2D eigenvalue weighted by Crippen LogP contribution is 2.15. The Labute approximate surface area is 361 Å². The highest BCUT2D eigenvalue weighted by Gasteiger charge is 2.20. The summed E-state index contributed by atoms with van der Waals surface area (Å²) in [5.41, 5.74) is 0. The van der Waals surface area contributed by atoms with E-state index in [-0.39, 0.29) is 0 Å². The number of hydrogen-bond acceptors (Lipinski definition) is 5. The first kappa shape index (κ1) is 54.8. The van der Waals surface area contributed by atoms with Crippen LogP contribution in [0.5, 0.6) is 0 Å². The van der Waals surface area contributed by atoms with Crippen LogP contribution in [-0.2, 0) is 0 Å². The summed E-state index contributed by atoms with van der Waals surface area (Å²) in [6.07, 6.45) is 46.5. The van der Waals surface area contributed by atoms with E-state index in [1.807, 2.05) is 0 Å². The lowest BCUT2D eigenvalue weighted by Gasteiger charge is -2.37. The van der Waals surface area contributed by atoms with E-state index in [2.05, 4.69) is 59.5 Å². The first-order valence-corrected chi connectivity index (χ1v) is 26.8. The van der Waals surface area contributed by atoms with Crippen LogP contribution in [0.15, 0.2) is 0 Å². The lowest BCUT2D eigenvalue weighted by molar-refractivity contribution is 0.112. The van der Waals surface area contributed by atoms with Crippen molar-refractivity contribution in [3.8, 4) is 0 Å². The fourth-order valence-corrected chi connectivity index (χ4v) is 9.09. The van der Waals surface area contributed by atoms with Crippen LogP contribution in [0.4, 0.5) is 0 Å². The third kappa shape index (κ3) is 36.2. The van der Waals surface area contributed by atoms with Gasteiger partial charge >= 0.3 is 0 Å². The van der Waals surface area contributed by atoms with Gasteiger partial charge in [-0.25, -0.2) is 0 Å². The Morgan fingerprint density at radius 3 is 1.07 bits per heavy atom. The molecule has 0 spiro atoms.